The van der Waals surface area contributed by atoms with Crippen LogP contribution >= 0.6 is 0 Å². The van der Waals surface area contributed by atoms with E-state index in [1.54, 1.807) is 4.90 Å². The highest BCUT2D eigenvalue weighted by Crippen LogP contribution is 2.30. The largest absolute Gasteiger partial charge is 0.354 e. The molecule has 4 aromatic carbocycles. The van der Waals surface area contributed by atoms with Crippen molar-refractivity contribution < 1.29 is 14.4 Å². The highest BCUT2D eigenvalue weighted by molar-refractivity contribution is 6.08. The Morgan fingerprint density at radius 3 is 2.42 bits per heavy atom. The summed E-state index contributed by atoms with van der Waals surface area (Å²) in [5.74, 6) is -0.664. The van der Waals surface area contributed by atoms with Crippen molar-refractivity contribution in [1.29, 1.82) is 0 Å². The van der Waals surface area contributed by atoms with E-state index in [-0.39, 0.29) is 30.7 Å². The second kappa shape index (κ2) is 12.6. The Morgan fingerprint density at radius 1 is 0.875 bits per heavy atom. The number of nitrogens with zero attached hydrogens (tertiary/aromatic N) is 1. The Morgan fingerprint density at radius 2 is 1.60 bits per heavy atom. The summed E-state index contributed by atoms with van der Waals surface area (Å²) >= 11 is 0. The Hall–Kier alpha value is -4.49. The summed E-state index contributed by atoms with van der Waals surface area (Å²) in [5, 5.41) is 8.02. The molecule has 0 fully saturated rings. The molecule has 4 N–H and O–H groups in total. The Balaban J connectivity index is 1.31. The molecular formula is C33H34N4O3. The number of carbonyl (C=O) groups is 3. The normalized spacial score (nSPS) is 13.2. The van der Waals surface area contributed by atoms with Gasteiger partial charge >= 0.3 is 0 Å². The number of nitrogens with two attached hydrogens (primary N) is 1. The maximum atomic E-state index is 13.6. The van der Waals surface area contributed by atoms with Crippen LogP contribution in [-0.4, -0.2) is 43.4 Å². The first-order valence-electron chi connectivity index (χ1n) is 13.8. The summed E-state index contributed by atoms with van der Waals surface area (Å²) in [6.45, 7) is 1.11. The van der Waals surface area contributed by atoms with Crippen molar-refractivity contribution in [3.63, 3.8) is 0 Å². The highest BCUT2D eigenvalue weighted by atomic mass is 16.2. The predicted molar refractivity (Wildman–Crippen MR) is 158 cm³/mol. The molecule has 0 radical (unpaired) electrons. The standard InChI is InChI=1S/C33H34N4O3/c34-17-7-18-35-32(39)29(21-23-14-15-24-8-1-2-9-25(24)20-23)36-31(38)16-19-37-30-13-6-4-11-27(30)22-26-10-3-5-12-28(26)33(37)40/h1-6,8-15,20,29H,7,16-19,21-22,34H2,(H,35,39)(H,36,38)/t29-/m1/s1. The number of amides is 3. The summed E-state index contributed by atoms with van der Waals surface area (Å²) < 4.78 is 0. The first-order chi connectivity index (χ1) is 19.5. The van der Waals surface area contributed by atoms with Gasteiger partial charge in [-0.1, -0.05) is 78.9 Å². The van der Waals surface area contributed by atoms with E-state index in [9.17, 15) is 14.4 Å². The molecule has 40 heavy (non-hydrogen) atoms. The van der Waals surface area contributed by atoms with Gasteiger partial charge in [0.15, 0.2) is 0 Å². The van der Waals surface area contributed by atoms with Crippen molar-refractivity contribution in [2.24, 2.45) is 5.73 Å². The summed E-state index contributed by atoms with van der Waals surface area (Å²) in [6, 6.07) is 28.7. The van der Waals surface area contributed by atoms with Crippen LogP contribution in [0, 0.1) is 0 Å². The van der Waals surface area contributed by atoms with Crippen LogP contribution in [0.5, 0.6) is 0 Å². The number of rotatable bonds is 10. The van der Waals surface area contributed by atoms with E-state index < -0.39 is 6.04 Å². The molecule has 0 bridgehead atoms. The second-order valence-corrected chi connectivity index (χ2v) is 10.1. The molecule has 4 aromatic rings. The molecule has 204 valence electrons. The first kappa shape index (κ1) is 27.1. The van der Waals surface area contributed by atoms with Crippen molar-refractivity contribution in [1.82, 2.24) is 10.6 Å². The maximum absolute atomic E-state index is 13.6. The van der Waals surface area contributed by atoms with Gasteiger partial charge in [0.05, 0.1) is 0 Å². The summed E-state index contributed by atoms with van der Waals surface area (Å²) in [4.78, 5) is 41.6. The van der Waals surface area contributed by atoms with Crippen LogP contribution in [0.2, 0.25) is 0 Å². The van der Waals surface area contributed by atoms with Crippen LogP contribution in [0.15, 0.2) is 91.0 Å². The van der Waals surface area contributed by atoms with E-state index in [0.29, 0.717) is 37.9 Å². The third-order valence-corrected chi connectivity index (χ3v) is 7.30. The molecule has 1 aliphatic heterocycles. The Kier molecular flexibility index (Phi) is 8.52. The third-order valence-electron chi connectivity index (χ3n) is 7.30. The number of fused-ring (bicyclic) bond motifs is 3. The van der Waals surface area contributed by atoms with Gasteiger partial charge in [0.25, 0.3) is 5.91 Å². The average molecular weight is 535 g/mol. The van der Waals surface area contributed by atoms with Gasteiger partial charge in [0, 0.05) is 43.6 Å². The van der Waals surface area contributed by atoms with Gasteiger partial charge in [-0.3, -0.25) is 14.4 Å². The van der Waals surface area contributed by atoms with E-state index in [0.717, 1.165) is 33.2 Å². The lowest BCUT2D eigenvalue weighted by Crippen LogP contribution is -2.49. The van der Waals surface area contributed by atoms with E-state index in [1.807, 2.05) is 91.0 Å². The molecule has 7 nitrogen and oxygen atoms in total. The number of benzene rings is 4. The fraction of sp³-hybridized carbons (Fsp3) is 0.242. The number of nitrogens with one attached hydrogen (secondary N) is 2. The summed E-state index contributed by atoms with van der Waals surface area (Å²) in [5.41, 5.74) is 10.0. The SMILES string of the molecule is NCCCNC(=O)[C@@H](Cc1ccc2ccccc2c1)NC(=O)CCN1C(=O)c2ccccc2Cc2ccccc21. The number of para-hydroxylation sites is 1. The number of hydrogen-bond acceptors (Lipinski definition) is 4. The summed E-state index contributed by atoms with van der Waals surface area (Å²) in [7, 11) is 0. The molecule has 5 rings (SSSR count). The monoisotopic (exact) mass is 534 g/mol. The minimum atomic E-state index is -0.751. The van der Waals surface area contributed by atoms with Crippen LogP contribution in [0.4, 0.5) is 5.69 Å². The van der Waals surface area contributed by atoms with Gasteiger partial charge in [0.1, 0.15) is 6.04 Å². The van der Waals surface area contributed by atoms with E-state index >= 15 is 0 Å². The molecule has 7 heteroatoms. The average Bonchev–Trinajstić information content (AvgIpc) is 3.09. The van der Waals surface area contributed by atoms with Crippen molar-refractivity contribution in [2.75, 3.05) is 24.5 Å². The zero-order chi connectivity index (χ0) is 27.9. The topological polar surface area (TPSA) is 105 Å². The van der Waals surface area contributed by atoms with Crippen molar-refractivity contribution in [3.8, 4) is 0 Å². The number of hydrogen-bond donors (Lipinski definition) is 3. The number of anilines is 1. The predicted octanol–water partition coefficient (Wildman–Crippen LogP) is 3.97. The van der Waals surface area contributed by atoms with Crippen LogP contribution in [0.25, 0.3) is 10.8 Å². The first-order valence-corrected chi connectivity index (χ1v) is 13.8. The minimum absolute atomic E-state index is 0.0620. The van der Waals surface area contributed by atoms with Gasteiger partial charge < -0.3 is 21.3 Å². The van der Waals surface area contributed by atoms with Gasteiger partial charge in [-0.25, -0.2) is 0 Å². The zero-order valence-electron chi connectivity index (χ0n) is 22.4. The molecule has 0 unspecified atom stereocenters. The van der Waals surface area contributed by atoms with Crippen LogP contribution in [-0.2, 0) is 22.4 Å². The Labute approximate surface area is 234 Å². The van der Waals surface area contributed by atoms with Gasteiger partial charge in [-0.15, -0.1) is 0 Å². The molecule has 0 aromatic heterocycles. The van der Waals surface area contributed by atoms with E-state index in [1.165, 1.54) is 0 Å². The van der Waals surface area contributed by atoms with Crippen molar-refractivity contribution in [3.05, 3.63) is 113 Å². The molecule has 0 saturated carbocycles. The third kappa shape index (κ3) is 6.21. The molecule has 0 spiro atoms. The maximum Gasteiger partial charge on any atom is 0.258 e. The quantitative estimate of drug-likeness (QED) is 0.268. The lowest BCUT2D eigenvalue weighted by atomic mass is 10.0. The molecule has 3 amide bonds. The number of carbonyl (C=O) groups excluding carboxylic acids is 3. The minimum Gasteiger partial charge on any atom is -0.354 e. The van der Waals surface area contributed by atoms with Crippen molar-refractivity contribution >= 4 is 34.2 Å². The fourth-order valence-electron chi connectivity index (χ4n) is 5.22. The van der Waals surface area contributed by atoms with E-state index in [4.69, 9.17) is 5.73 Å². The molecule has 1 aliphatic rings. The van der Waals surface area contributed by atoms with Crippen LogP contribution in [0.3, 0.4) is 0 Å². The fourth-order valence-corrected chi connectivity index (χ4v) is 5.22. The molecule has 0 saturated heterocycles. The smallest absolute Gasteiger partial charge is 0.258 e. The zero-order valence-corrected chi connectivity index (χ0v) is 22.4. The second-order valence-electron chi connectivity index (χ2n) is 10.1. The van der Waals surface area contributed by atoms with Crippen LogP contribution in [0.1, 0.15) is 39.9 Å². The van der Waals surface area contributed by atoms with E-state index in [2.05, 4.69) is 10.6 Å². The molecule has 1 atom stereocenters. The van der Waals surface area contributed by atoms with Gasteiger partial charge in [-0.2, -0.15) is 0 Å². The Bertz CT molecular complexity index is 1530. The molecule has 0 aliphatic carbocycles. The van der Waals surface area contributed by atoms with Crippen molar-refractivity contribution in [2.45, 2.75) is 31.7 Å². The van der Waals surface area contributed by atoms with Crippen LogP contribution < -0.4 is 21.3 Å². The lowest BCUT2D eigenvalue weighted by molar-refractivity contribution is -0.128. The summed E-state index contributed by atoms with van der Waals surface area (Å²) in [6.07, 6.45) is 1.72. The molecule has 1 heterocycles. The van der Waals surface area contributed by atoms with Gasteiger partial charge in [-0.05, 0) is 52.6 Å². The lowest BCUT2D eigenvalue weighted by Gasteiger charge is -2.24. The highest BCUT2D eigenvalue weighted by Gasteiger charge is 2.27. The van der Waals surface area contributed by atoms with Gasteiger partial charge in [0.2, 0.25) is 11.8 Å². The molecular weight excluding hydrogens is 500 g/mol.